The maximum Gasteiger partial charge on any atom is 0.254 e. The summed E-state index contributed by atoms with van der Waals surface area (Å²) in [7, 11) is 0. The van der Waals surface area contributed by atoms with E-state index in [0.717, 1.165) is 31.7 Å². The van der Waals surface area contributed by atoms with E-state index in [1.807, 2.05) is 42.2 Å². The van der Waals surface area contributed by atoms with E-state index in [-0.39, 0.29) is 5.91 Å². The van der Waals surface area contributed by atoms with Gasteiger partial charge in [0, 0.05) is 42.5 Å². The van der Waals surface area contributed by atoms with E-state index in [1.54, 1.807) is 6.07 Å². The summed E-state index contributed by atoms with van der Waals surface area (Å²) in [5.41, 5.74) is 2.88. The van der Waals surface area contributed by atoms with Crippen molar-refractivity contribution in [3.8, 4) is 0 Å². The predicted molar refractivity (Wildman–Crippen MR) is 90.7 cm³/mol. The zero-order valence-corrected chi connectivity index (χ0v) is 13.4. The van der Waals surface area contributed by atoms with Crippen LogP contribution in [0, 0.1) is 6.92 Å². The van der Waals surface area contributed by atoms with E-state index in [9.17, 15) is 4.79 Å². The molecule has 0 N–H and O–H groups in total. The van der Waals surface area contributed by atoms with Crippen molar-refractivity contribution < 1.29 is 4.79 Å². The third-order valence-electron chi connectivity index (χ3n) is 4.11. The van der Waals surface area contributed by atoms with Crippen LogP contribution < -0.4 is 4.90 Å². The van der Waals surface area contributed by atoms with E-state index in [1.165, 1.54) is 5.69 Å². The van der Waals surface area contributed by atoms with Crippen LogP contribution in [-0.2, 0) is 0 Å². The summed E-state index contributed by atoms with van der Waals surface area (Å²) < 4.78 is 0. The van der Waals surface area contributed by atoms with Gasteiger partial charge in [0.05, 0.1) is 0 Å². The Morgan fingerprint density at radius 3 is 2.32 bits per heavy atom. The summed E-state index contributed by atoms with van der Waals surface area (Å²) in [6, 6.07) is 15.8. The molecule has 0 atom stereocenters. The number of amides is 1. The summed E-state index contributed by atoms with van der Waals surface area (Å²) >= 11 is 6.12. The van der Waals surface area contributed by atoms with Gasteiger partial charge in [-0.15, -0.1) is 0 Å². The van der Waals surface area contributed by atoms with E-state index < -0.39 is 0 Å². The molecule has 1 fully saturated rings. The number of para-hydroxylation sites is 1. The maximum absolute atomic E-state index is 12.6. The lowest BCUT2D eigenvalue weighted by Crippen LogP contribution is -2.48. The number of hydrogen-bond donors (Lipinski definition) is 0. The van der Waals surface area contributed by atoms with Crippen molar-refractivity contribution in [1.82, 2.24) is 4.90 Å². The second-order valence-electron chi connectivity index (χ2n) is 5.58. The van der Waals surface area contributed by atoms with Crippen molar-refractivity contribution >= 4 is 23.2 Å². The molecule has 22 heavy (non-hydrogen) atoms. The van der Waals surface area contributed by atoms with E-state index in [2.05, 4.69) is 17.0 Å². The van der Waals surface area contributed by atoms with Crippen LogP contribution in [0.15, 0.2) is 48.5 Å². The fourth-order valence-electron chi connectivity index (χ4n) is 2.72. The molecule has 1 aliphatic heterocycles. The fraction of sp³-hybridized carbons (Fsp3) is 0.278. The van der Waals surface area contributed by atoms with E-state index >= 15 is 0 Å². The molecule has 2 aromatic carbocycles. The van der Waals surface area contributed by atoms with Gasteiger partial charge in [-0.25, -0.2) is 0 Å². The highest BCUT2D eigenvalue weighted by molar-refractivity contribution is 6.31. The number of piperazine rings is 1. The van der Waals surface area contributed by atoms with Gasteiger partial charge in [-0.2, -0.15) is 0 Å². The quantitative estimate of drug-likeness (QED) is 0.845. The van der Waals surface area contributed by atoms with E-state index in [0.29, 0.717) is 10.6 Å². The molecule has 114 valence electrons. The molecule has 0 aliphatic carbocycles. The monoisotopic (exact) mass is 314 g/mol. The summed E-state index contributed by atoms with van der Waals surface area (Å²) in [6.45, 7) is 5.12. The lowest BCUT2D eigenvalue weighted by Gasteiger charge is -2.36. The van der Waals surface area contributed by atoms with Crippen LogP contribution in [0.3, 0.4) is 0 Å². The topological polar surface area (TPSA) is 23.6 Å². The molecule has 2 aromatic rings. The van der Waals surface area contributed by atoms with Crippen LogP contribution in [0.25, 0.3) is 0 Å². The van der Waals surface area contributed by atoms with Gasteiger partial charge >= 0.3 is 0 Å². The Bertz CT molecular complexity index is 664. The molecule has 0 unspecified atom stereocenters. The minimum absolute atomic E-state index is 0.0645. The standard InChI is InChI=1S/C18H19ClN2O/c1-14-7-8-15(13-17(14)19)18(22)21-11-9-20(10-12-21)16-5-3-2-4-6-16/h2-8,13H,9-12H2,1H3. The van der Waals surface area contributed by atoms with Gasteiger partial charge in [-0.3, -0.25) is 4.79 Å². The minimum Gasteiger partial charge on any atom is -0.368 e. The molecule has 1 heterocycles. The van der Waals surface area contributed by atoms with Gasteiger partial charge in [0.1, 0.15) is 0 Å². The van der Waals surface area contributed by atoms with Gasteiger partial charge in [0.2, 0.25) is 0 Å². The Morgan fingerprint density at radius 1 is 1.00 bits per heavy atom. The van der Waals surface area contributed by atoms with Crippen molar-refractivity contribution in [2.75, 3.05) is 31.1 Å². The Balaban J connectivity index is 1.66. The third kappa shape index (κ3) is 3.09. The van der Waals surface area contributed by atoms with E-state index in [4.69, 9.17) is 11.6 Å². The fourth-order valence-corrected chi connectivity index (χ4v) is 2.90. The minimum atomic E-state index is 0.0645. The molecule has 0 bridgehead atoms. The number of aryl methyl sites for hydroxylation is 1. The molecular weight excluding hydrogens is 296 g/mol. The Hall–Kier alpha value is -2.00. The molecule has 1 aliphatic rings. The van der Waals surface area contributed by atoms with Crippen LogP contribution in [0.1, 0.15) is 15.9 Å². The van der Waals surface area contributed by atoms with Crippen molar-refractivity contribution in [1.29, 1.82) is 0 Å². The third-order valence-corrected chi connectivity index (χ3v) is 4.51. The average Bonchev–Trinajstić information content (AvgIpc) is 2.58. The SMILES string of the molecule is Cc1ccc(C(=O)N2CCN(c3ccccc3)CC2)cc1Cl. The van der Waals surface area contributed by atoms with Gasteiger partial charge < -0.3 is 9.80 Å². The smallest absolute Gasteiger partial charge is 0.254 e. The Morgan fingerprint density at radius 2 is 1.68 bits per heavy atom. The number of anilines is 1. The first kappa shape index (κ1) is 14.9. The second kappa shape index (κ2) is 6.41. The number of benzene rings is 2. The predicted octanol–water partition coefficient (Wildman–Crippen LogP) is 3.61. The first-order valence-corrected chi connectivity index (χ1v) is 7.88. The molecule has 4 heteroatoms. The largest absolute Gasteiger partial charge is 0.368 e. The first-order valence-electron chi connectivity index (χ1n) is 7.50. The highest BCUT2D eigenvalue weighted by Gasteiger charge is 2.22. The molecule has 0 spiro atoms. The summed E-state index contributed by atoms with van der Waals surface area (Å²) in [4.78, 5) is 16.8. The zero-order valence-electron chi connectivity index (χ0n) is 12.6. The summed E-state index contributed by atoms with van der Waals surface area (Å²) in [5.74, 6) is 0.0645. The van der Waals surface area contributed by atoms with Crippen molar-refractivity contribution in [2.24, 2.45) is 0 Å². The van der Waals surface area contributed by atoms with Gasteiger partial charge in [-0.1, -0.05) is 35.9 Å². The first-order chi connectivity index (χ1) is 10.6. The Kier molecular flexibility index (Phi) is 4.34. The highest BCUT2D eigenvalue weighted by Crippen LogP contribution is 2.20. The van der Waals surface area contributed by atoms with Crippen LogP contribution in [0.4, 0.5) is 5.69 Å². The molecule has 3 rings (SSSR count). The molecule has 0 radical (unpaired) electrons. The maximum atomic E-state index is 12.6. The second-order valence-corrected chi connectivity index (χ2v) is 5.99. The molecule has 1 amide bonds. The number of rotatable bonds is 2. The normalized spacial score (nSPS) is 15.0. The molecule has 1 saturated heterocycles. The van der Waals surface area contributed by atoms with Crippen LogP contribution in [0.2, 0.25) is 5.02 Å². The number of nitrogens with zero attached hydrogens (tertiary/aromatic N) is 2. The highest BCUT2D eigenvalue weighted by atomic mass is 35.5. The van der Waals surface area contributed by atoms with Crippen molar-refractivity contribution in [2.45, 2.75) is 6.92 Å². The number of hydrogen-bond acceptors (Lipinski definition) is 2. The van der Waals surface area contributed by atoms with Gasteiger partial charge in [0.15, 0.2) is 0 Å². The number of carbonyl (C=O) groups is 1. The number of halogens is 1. The molecule has 0 saturated carbocycles. The lowest BCUT2D eigenvalue weighted by molar-refractivity contribution is 0.0747. The average molecular weight is 315 g/mol. The summed E-state index contributed by atoms with van der Waals surface area (Å²) in [6.07, 6.45) is 0. The Labute approximate surface area is 136 Å². The van der Waals surface area contributed by atoms with Crippen molar-refractivity contribution in [3.63, 3.8) is 0 Å². The van der Waals surface area contributed by atoms with Gasteiger partial charge in [-0.05, 0) is 36.8 Å². The van der Waals surface area contributed by atoms with Crippen molar-refractivity contribution in [3.05, 3.63) is 64.7 Å². The van der Waals surface area contributed by atoms with Gasteiger partial charge in [0.25, 0.3) is 5.91 Å². The van der Waals surface area contributed by atoms with Crippen LogP contribution in [-0.4, -0.2) is 37.0 Å². The lowest BCUT2D eigenvalue weighted by atomic mass is 10.1. The molecule has 0 aromatic heterocycles. The molecular formula is C18H19ClN2O. The summed E-state index contributed by atoms with van der Waals surface area (Å²) in [5, 5.41) is 0.647. The number of carbonyl (C=O) groups excluding carboxylic acids is 1. The van der Waals surface area contributed by atoms with Crippen LogP contribution >= 0.6 is 11.6 Å². The molecule has 3 nitrogen and oxygen atoms in total. The van der Waals surface area contributed by atoms with Crippen LogP contribution in [0.5, 0.6) is 0 Å². The zero-order chi connectivity index (χ0) is 15.5.